The minimum absolute atomic E-state index is 0.00742. The first-order valence-corrected chi connectivity index (χ1v) is 8.89. The molecule has 5 nitrogen and oxygen atoms in total. The van der Waals surface area contributed by atoms with Crippen molar-refractivity contribution in [1.82, 2.24) is 10.2 Å². The zero-order valence-electron chi connectivity index (χ0n) is 14.8. The average Bonchev–Trinajstić information content (AvgIpc) is 2.57. The Morgan fingerprint density at radius 2 is 2.21 bits per heavy atom. The smallest absolute Gasteiger partial charge is 0.317 e. The van der Waals surface area contributed by atoms with E-state index in [-0.39, 0.29) is 11.6 Å². The van der Waals surface area contributed by atoms with Crippen LogP contribution in [0.3, 0.4) is 0 Å². The van der Waals surface area contributed by atoms with E-state index in [1.54, 1.807) is 0 Å². The second-order valence-corrected chi connectivity index (χ2v) is 7.02. The molecule has 2 saturated heterocycles. The quantitative estimate of drug-likeness (QED) is 0.925. The third-order valence-electron chi connectivity index (χ3n) is 4.99. The van der Waals surface area contributed by atoms with Crippen LogP contribution in [0.1, 0.15) is 29.5 Å². The summed E-state index contributed by atoms with van der Waals surface area (Å²) in [6.07, 6.45) is 2.83. The van der Waals surface area contributed by atoms with Gasteiger partial charge in [-0.2, -0.15) is 0 Å². The summed E-state index contributed by atoms with van der Waals surface area (Å²) in [5, 5.41) is 3.06. The van der Waals surface area contributed by atoms with Crippen LogP contribution in [0.25, 0.3) is 0 Å². The van der Waals surface area contributed by atoms with Gasteiger partial charge in [-0.05, 0) is 44.2 Å². The van der Waals surface area contributed by atoms with Crippen molar-refractivity contribution < 1.29 is 14.3 Å². The van der Waals surface area contributed by atoms with Gasteiger partial charge in [0, 0.05) is 19.7 Å². The zero-order chi connectivity index (χ0) is 17.0. The fourth-order valence-corrected chi connectivity index (χ4v) is 3.63. The number of nitrogens with zero attached hydrogens (tertiary/aromatic N) is 1. The molecule has 0 radical (unpaired) electrons. The number of carbonyl (C=O) groups is 1. The van der Waals surface area contributed by atoms with Gasteiger partial charge in [0.05, 0.1) is 19.8 Å². The fourth-order valence-electron chi connectivity index (χ4n) is 3.63. The number of rotatable bonds is 3. The van der Waals surface area contributed by atoms with Gasteiger partial charge in [-0.1, -0.05) is 23.8 Å². The molecule has 0 aliphatic carbocycles. The van der Waals surface area contributed by atoms with E-state index in [2.05, 4.69) is 37.4 Å². The fraction of sp³-hybridized carbons (Fsp3) is 0.632. The Morgan fingerprint density at radius 3 is 2.96 bits per heavy atom. The molecule has 132 valence electrons. The van der Waals surface area contributed by atoms with Crippen LogP contribution >= 0.6 is 0 Å². The Kier molecular flexibility index (Phi) is 5.41. The zero-order valence-corrected chi connectivity index (χ0v) is 14.8. The largest absolute Gasteiger partial charge is 0.378 e. The van der Waals surface area contributed by atoms with Gasteiger partial charge in [0.1, 0.15) is 5.60 Å². The summed E-state index contributed by atoms with van der Waals surface area (Å²) in [4.78, 5) is 14.3. The van der Waals surface area contributed by atoms with E-state index in [0.29, 0.717) is 32.8 Å². The molecule has 1 N–H and O–H groups in total. The molecule has 1 atom stereocenters. The first-order valence-electron chi connectivity index (χ1n) is 8.89. The molecule has 3 rings (SSSR count). The van der Waals surface area contributed by atoms with Crippen molar-refractivity contribution >= 4 is 6.03 Å². The number of amides is 2. The van der Waals surface area contributed by atoms with Gasteiger partial charge in [-0.3, -0.25) is 0 Å². The predicted octanol–water partition coefficient (Wildman–Crippen LogP) is 2.44. The Hall–Kier alpha value is -1.59. The number of hydrogen-bond donors (Lipinski definition) is 1. The summed E-state index contributed by atoms with van der Waals surface area (Å²) < 4.78 is 11.5. The molecule has 2 fully saturated rings. The molecule has 0 saturated carbocycles. The van der Waals surface area contributed by atoms with Gasteiger partial charge >= 0.3 is 6.03 Å². The first kappa shape index (κ1) is 17.2. The summed E-state index contributed by atoms with van der Waals surface area (Å²) in [6.45, 7) is 8.14. The lowest BCUT2D eigenvalue weighted by molar-refractivity contribution is -0.160. The number of ether oxygens (including phenoxy) is 2. The SMILES string of the molecule is Cc1ccc(CCNC(=O)N2CCOC3(CCCOC3)C2)c(C)c1. The third kappa shape index (κ3) is 4.08. The van der Waals surface area contributed by atoms with E-state index in [1.807, 2.05) is 4.90 Å². The van der Waals surface area contributed by atoms with Crippen molar-refractivity contribution in [3.8, 4) is 0 Å². The number of hydrogen-bond acceptors (Lipinski definition) is 3. The van der Waals surface area contributed by atoms with Gasteiger partial charge in [-0.25, -0.2) is 4.79 Å². The number of benzene rings is 1. The molecule has 5 heteroatoms. The highest BCUT2D eigenvalue weighted by Crippen LogP contribution is 2.27. The summed E-state index contributed by atoms with van der Waals surface area (Å²) in [5.41, 5.74) is 3.56. The topological polar surface area (TPSA) is 50.8 Å². The lowest BCUT2D eigenvalue weighted by atomic mass is 9.94. The second-order valence-electron chi connectivity index (χ2n) is 7.02. The van der Waals surface area contributed by atoms with Gasteiger partial charge in [0.2, 0.25) is 0 Å². The van der Waals surface area contributed by atoms with Crippen LogP contribution in [0.4, 0.5) is 4.79 Å². The minimum Gasteiger partial charge on any atom is -0.378 e. The van der Waals surface area contributed by atoms with E-state index in [0.717, 1.165) is 25.9 Å². The number of nitrogens with one attached hydrogen (secondary N) is 1. The van der Waals surface area contributed by atoms with Crippen LogP contribution in [-0.2, 0) is 15.9 Å². The van der Waals surface area contributed by atoms with Gasteiger partial charge in [-0.15, -0.1) is 0 Å². The molecule has 1 spiro atoms. The minimum atomic E-state index is -0.290. The highest BCUT2D eigenvalue weighted by atomic mass is 16.5. The molecule has 2 aliphatic heterocycles. The lowest BCUT2D eigenvalue weighted by Crippen LogP contribution is -2.59. The van der Waals surface area contributed by atoms with Crippen LogP contribution in [0.15, 0.2) is 18.2 Å². The van der Waals surface area contributed by atoms with E-state index in [4.69, 9.17) is 9.47 Å². The van der Waals surface area contributed by atoms with E-state index in [1.165, 1.54) is 16.7 Å². The van der Waals surface area contributed by atoms with Gasteiger partial charge in [0.25, 0.3) is 0 Å². The van der Waals surface area contributed by atoms with Gasteiger partial charge < -0.3 is 19.7 Å². The predicted molar refractivity (Wildman–Crippen MR) is 93.3 cm³/mol. The summed E-state index contributed by atoms with van der Waals surface area (Å²) >= 11 is 0. The van der Waals surface area contributed by atoms with Crippen LogP contribution < -0.4 is 5.32 Å². The van der Waals surface area contributed by atoms with E-state index >= 15 is 0 Å². The molecule has 24 heavy (non-hydrogen) atoms. The number of urea groups is 1. The monoisotopic (exact) mass is 332 g/mol. The molecule has 2 aliphatic rings. The maximum absolute atomic E-state index is 12.5. The van der Waals surface area contributed by atoms with Gasteiger partial charge in [0.15, 0.2) is 0 Å². The highest BCUT2D eigenvalue weighted by molar-refractivity contribution is 5.74. The molecule has 2 heterocycles. The van der Waals surface area contributed by atoms with Crippen LogP contribution in [-0.4, -0.2) is 56.0 Å². The van der Waals surface area contributed by atoms with E-state index < -0.39 is 0 Å². The molecule has 0 aromatic heterocycles. The van der Waals surface area contributed by atoms with Crippen molar-refractivity contribution in [2.45, 2.75) is 38.7 Å². The summed E-state index contributed by atoms with van der Waals surface area (Å²) in [6, 6.07) is 6.47. The maximum Gasteiger partial charge on any atom is 0.317 e. The molecule has 1 unspecified atom stereocenters. The molecule has 1 aromatic carbocycles. The Bertz CT molecular complexity index is 576. The van der Waals surface area contributed by atoms with Crippen LogP contribution in [0.2, 0.25) is 0 Å². The molecule has 2 amide bonds. The standard InChI is InChI=1S/C19H28N2O3/c1-15-4-5-17(16(2)12-15)6-8-20-18(22)21-9-11-24-19(13-21)7-3-10-23-14-19/h4-5,12H,3,6-11,13-14H2,1-2H3,(H,20,22). The van der Waals surface area contributed by atoms with Crippen molar-refractivity contribution in [3.05, 3.63) is 34.9 Å². The number of morpholine rings is 1. The Morgan fingerprint density at radius 1 is 1.33 bits per heavy atom. The Labute approximate surface area is 144 Å². The highest BCUT2D eigenvalue weighted by Gasteiger charge is 2.40. The molecule has 1 aromatic rings. The third-order valence-corrected chi connectivity index (χ3v) is 4.99. The van der Waals surface area contributed by atoms with Crippen molar-refractivity contribution in [3.63, 3.8) is 0 Å². The van der Waals surface area contributed by atoms with E-state index in [9.17, 15) is 4.79 Å². The van der Waals surface area contributed by atoms with Crippen LogP contribution in [0, 0.1) is 13.8 Å². The van der Waals surface area contributed by atoms with Crippen molar-refractivity contribution in [2.24, 2.45) is 0 Å². The molecular formula is C19H28N2O3. The van der Waals surface area contributed by atoms with Crippen molar-refractivity contribution in [2.75, 3.05) is 39.5 Å². The molecular weight excluding hydrogens is 304 g/mol. The Balaban J connectivity index is 1.49. The van der Waals surface area contributed by atoms with Crippen LogP contribution in [0.5, 0.6) is 0 Å². The number of aryl methyl sites for hydroxylation is 2. The van der Waals surface area contributed by atoms with Crippen molar-refractivity contribution in [1.29, 1.82) is 0 Å². The first-order chi connectivity index (χ1) is 11.6. The second kappa shape index (κ2) is 7.53. The summed E-state index contributed by atoms with van der Waals surface area (Å²) in [5.74, 6) is 0. The summed E-state index contributed by atoms with van der Waals surface area (Å²) in [7, 11) is 0. The average molecular weight is 332 g/mol. The normalized spacial score (nSPS) is 24.2. The molecule has 0 bridgehead atoms. The lowest BCUT2D eigenvalue weighted by Gasteiger charge is -2.44. The maximum atomic E-state index is 12.5. The number of carbonyl (C=O) groups excluding carboxylic acids is 1.